The minimum absolute atomic E-state index is 0.105. The molecule has 0 saturated carbocycles. The van der Waals surface area contributed by atoms with Crippen molar-refractivity contribution >= 4 is 11.6 Å². The van der Waals surface area contributed by atoms with Crippen LogP contribution in [0.15, 0.2) is 71.5 Å². The summed E-state index contributed by atoms with van der Waals surface area (Å²) >= 11 is 0. The van der Waals surface area contributed by atoms with Crippen molar-refractivity contribution < 1.29 is 0 Å². The molecule has 0 aliphatic heterocycles. The smallest absolute Gasteiger partial charge is 0.259 e. The van der Waals surface area contributed by atoms with Gasteiger partial charge in [-0.05, 0) is 31.2 Å². The van der Waals surface area contributed by atoms with Gasteiger partial charge >= 0.3 is 0 Å². The topological polar surface area (TPSA) is 46.9 Å². The number of nitrogens with one attached hydrogen (secondary N) is 1. The molecule has 0 unspecified atom stereocenters. The fourth-order valence-corrected chi connectivity index (χ4v) is 2.16. The molecule has 21 heavy (non-hydrogen) atoms. The Labute approximate surface area is 122 Å². The summed E-state index contributed by atoms with van der Waals surface area (Å²) in [6.07, 6.45) is 0. The molecule has 4 nitrogen and oxygen atoms in total. The molecule has 0 saturated heterocycles. The highest BCUT2D eigenvalue weighted by atomic mass is 16.1. The molecule has 1 aromatic heterocycles. The van der Waals surface area contributed by atoms with Gasteiger partial charge in [-0.15, -0.1) is 0 Å². The molecular weight excluding hydrogens is 262 g/mol. The van der Waals surface area contributed by atoms with Gasteiger partial charge in [0.2, 0.25) is 5.95 Å². The van der Waals surface area contributed by atoms with Crippen LogP contribution in [0.1, 0.15) is 5.69 Å². The number of benzene rings is 2. The van der Waals surface area contributed by atoms with Gasteiger partial charge in [0.05, 0.1) is 5.69 Å². The lowest BCUT2D eigenvalue weighted by atomic mass is 10.3. The Morgan fingerprint density at radius 2 is 1.57 bits per heavy atom. The lowest BCUT2D eigenvalue weighted by Crippen LogP contribution is -2.22. The van der Waals surface area contributed by atoms with Gasteiger partial charge in [-0.2, -0.15) is 0 Å². The van der Waals surface area contributed by atoms with E-state index in [0.717, 1.165) is 11.4 Å². The molecule has 3 rings (SSSR count). The number of anilines is 2. The summed E-state index contributed by atoms with van der Waals surface area (Å²) in [4.78, 5) is 16.8. The first-order chi connectivity index (χ1) is 10.2. The summed E-state index contributed by atoms with van der Waals surface area (Å²) in [6.45, 7) is 1.81. The zero-order valence-electron chi connectivity index (χ0n) is 11.7. The Balaban J connectivity index is 2.13. The van der Waals surface area contributed by atoms with Crippen molar-refractivity contribution in [2.75, 3.05) is 5.32 Å². The molecule has 4 heteroatoms. The van der Waals surface area contributed by atoms with E-state index in [0.29, 0.717) is 11.6 Å². The molecule has 0 spiro atoms. The van der Waals surface area contributed by atoms with E-state index in [4.69, 9.17) is 0 Å². The summed E-state index contributed by atoms with van der Waals surface area (Å²) in [7, 11) is 0. The largest absolute Gasteiger partial charge is 0.325 e. The van der Waals surface area contributed by atoms with Crippen molar-refractivity contribution in [3.05, 3.63) is 82.8 Å². The first-order valence-corrected chi connectivity index (χ1v) is 6.72. The molecular formula is C17H15N3O. The molecule has 0 atom stereocenters. The van der Waals surface area contributed by atoms with Crippen LogP contribution in [0.2, 0.25) is 0 Å². The fraction of sp³-hybridized carbons (Fsp3) is 0.0588. The quantitative estimate of drug-likeness (QED) is 0.799. The lowest BCUT2D eigenvalue weighted by molar-refractivity contribution is 0.929. The summed E-state index contributed by atoms with van der Waals surface area (Å²) in [5.41, 5.74) is 2.26. The van der Waals surface area contributed by atoms with E-state index in [-0.39, 0.29) is 5.56 Å². The van der Waals surface area contributed by atoms with E-state index < -0.39 is 0 Å². The molecule has 2 aromatic carbocycles. The first-order valence-electron chi connectivity index (χ1n) is 6.72. The predicted octanol–water partition coefficient (Wildman–Crippen LogP) is 3.28. The second-order valence-corrected chi connectivity index (χ2v) is 4.72. The highest BCUT2D eigenvalue weighted by Gasteiger charge is 2.09. The summed E-state index contributed by atoms with van der Waals surface area (Å²) in [6, 6.07) is 20.7. The Bertz CT molecular complexity index is 795. The molecule has 0 amide bonds. The Hall–Kier alpha value is -2.88. The van der Waals surface area contributed by atoms with Crippen LogP contribution in [0.3, 0.4) is 0 Å². The molecule has 0 aliphatic carbocycles. The van der Waals surface area contributed by atoms with Crippen molar-refractivity contribution in [3.8, 4) is 5.69 Å². The predicted molar refractivity (Wildman–Crippen MR) is 84.3 cm³/mol. The molecule has 0 fully saturated rings. The second kappa shape index (κ2) is 5.63. The minimum atomic E-state index is -0.105. The first kappa shape index (κ1) is 13.1. The van der Waals surface area contributed by atoms with Crippen LogP contribution in [-0.4, -0.2) is 9.55 Å². The van der Waals surface area contributed by atoms with Crippen LogP contribution in [0.25, 0.3) is 5.69 Å². The van der Waals surface area contributed by atoms with Crippen LogP contribution < -0.4 is 10.9 Å². The van der Waals surface area contributed by atoms with E-state index >= 15 is 0 Å². The number of nitrogens with zero attached hydrogens (tertiary/aromatic N) is 2. The summed E-state index contributed by atoms with van der Waals surface area (Å²) in [5.74, 6) is 0.511. The standard InChI is InChI=1S/C17H15N3O/c1-13-12-16(21)20(15-10-6-3-7-11-15)17(18-13)19-14-8-4-2-5-9-14/h2-12H,1H3,(H,18,19). The number of hydrogen-bond acceptors (Lipinski definition) is 3. The van der Waals surface area contributed by atoms with Crippen molar-refractivity contribution in [3.63, 3.8) is 0 Å². The monoisotopic (exact) mass is 277 g/mol. The van der Waals surface area contributed by atoms with Gasteiger partial charge in [-0.25, -0.2) is 9.55 Å². The van der Waals surface area contributed by atoms with E-state index in [1.54, 1.807) is 4.57 Å². The third-order valence-electron chi connectivity index (χ3n) is 3.09. The van der Waals surface area contributed by atoms with Crippen molar-refractivity contribution in [2.24, 2.45) is 0 Å². The SMILES string of the molecule is Cc1cc(=O)n(-c2ccccc2)c(Nc2ccccc2)n1. The minimum Gasteiger partial charge on any atom is -0.325 e. The number of aryl methyl sites for hydroxylation is 1. The Kier molecular flexibility index (Phi) is 3.51. The Morgan fingerprint density at radius 3 is 2.24 bits per heavy atom. The van der Waals surface area contributed by atoms with Gasteiger partial charge < -0.3 is 5.32 Å². The average molecular weight is 277 g/mol. The second-order valence-electron chi connectivity index (χ2n) is 4.72. The number of para-hydroxylation sites is 2. The Morgan fingerprint density at radius 1 is 0.952 bits per heavy atom. The fourth-order valence-electron chi connectivity index (χ4n) is 2.16. The van der Waals surface area contributed by atoms with Gasteiger partial charge in [0.1, 0.15) is 0 Å². The van der Waals surface area contributed by atoms with E-state index in [1.165, 1.54) is 6.07 Å². The van der Waals surface area contributed by atoms with Crippen LogP contribution in [0.4, 0.5) is 11.6 Å². The molecule has 3 aromatic rings. The molecule has 1 N–H and O–H groups in total. The molecule has 0 aliphatic rings. The van der Waals surface area contributed by atoms with Crippen LogP contribution in [0, 0.1) is 6.92 Å². The van der Waals surface area contributed by atoms with Gasteiger partial charge in [-0.3, -0.25) is 4.79 Å². The van der Waals surface area contributed by atoms with Gasteiger partial charge in [-0.1, -0.05) is 36.4 Å². The van der Waals surface area contributed by atoms with Gasteiger partial charge in [0.15, 0.2) is 0 Å². The van der Waals surface area contributed by atoms with Gasteiger partial charge in [0, 0.05) is 17.4 Å². The zero-order valence-corrected chi connectivity index (χ0v) is 11.7. The maximum atomic E-state index is 12.3. The third-order valence-corrected chi connectivity index (χ3v) is 3.09. The number of aromatic nitrogens is 2. The molecule has 0 radical (unpaired) electrons. The molecule has 0 bridgehead atoms. The van der Waals surface area contributed by atoms with Crippen LogP contribution >= 0.6 is 0 Å². The van der Waals surface area contributed by atoms with E-state index in [1.807, 2.05) is 67.6 Å². The summed E-state index contributed by atoms with van der Waals surface area (Å²) in [5, 5.41) is 3.20. The van der Waals surface area contributed by atoms with E-state index in [9.17, 15) is 4.79 Å². The van der Waals surface area contributed by atoms with Crippen molar-refractivity contribution in [1.82, 2.24) is 9.55 Å². The van der Waals surface area contributed by atoms with Crippen LogP contribution in [-0.2, 0) is 0 Å². The third kappa shape index (κ3) is 2.84. The lowest BCUT2D eigenvalue weighted by Gasteiger charge is -2.14. The van der Waals surface area contributed by atoms with Gasteiger partial charge in [0.25, 0.3) is 5.56 Å². The normalized spacial score (nSPS) is 10.3. The average Bonchev–Trinajstić information content (AvgIpc) is 2.48. The maximum Gasteiger partial charge on any atom is 0.259 e. The van der Waals surface area contributed by atoms with E-state index in [2.05, 4.69) is 10.3 Å². The highest BCUT2D eigenvalue weighted by Crippen LogP contribution is 2.16. The highest BCUT2D eigenvalue weighted by molar-refractivity contribution is 5.55. The van der Waals surface area contributed by atoms with Crippen molar-refractivity contribution in [1.29, 1.82) is 0 Å². The maximum absolute atomic E-state index is 12.3. The molecule has 1 heterocycles. The summed E-state index contributed by atoms with van der Waals surface area (Å²) < 4.78 is 1.57. The molecule has 104 valence electrons. The number of rotatable bonds is 3. The van der Waals surface area contributed by atoms with Crippen molar-refractivity contribution in [2.45, 2.75) is 6.92 Å². The zero-order chi connectivity index (χ0) is 14.7. The number of hydrogen-bond donors (Lipinski definition) is 1. The van der Waals surface area contributed by atoms with Crippen LogP contribution in [0.5, 0.6) is 0 Å².